The van der Waals surface area contributed by atoms with Crippen LogP contribution in [0.25, 0.3) is 10.9 Å². The van der Waals surface area contributed by atoms with E-state index in [1.54, 1.807) is 12.0 Å². The average Bonchev–Trinajstić information content (AvgIpc) is 3.29. The van der Waals surface area contributed by atoms with Crippen LogP contribution >= 0.6 is 0 Å². The van der Waals surface area contributed by atoms with Crippen LogP contribution in [0.1, 0.15) is 57.6 Å². The van der Waals surface area contributed by atoms with E-state index < -0.39 is 0 Å². The Kier molecular flexibility index (Phi) is 10.4. The molecule has 6 heteroatoms. The fourth-order valence-corrected chi connectivity index (χ4v) is 4.48. The van der Waals surface area contributed by atoms with Gasteiger partial charge < -0.3 is 19.5 Å². The van der Waals surface area contributed by atoms with Gasteiger partial charge in [0.05, 0.1) is 13.7 Å². The Morgan fingerprint density at radius 2 is 1.72 bits per heavy atom. The van der Waals surface area contributed by atoms with Gasteiger partial charge in [-0.15, -0.1) is 0 Å². The van der Waals surface area contributed by atoms with Crippen molar-refractivity contribution in [3.63, 3.8) is 0 Å². The summed E-state index contributed by atoms with van der Waals surface area (Å²) < 4.78 is 5.29. The number of aromatic nitrogens is 1. The number of para-hydroxylation sites is 1. The number of ether oxygens (including phenoxy) is 1. The van der Waals surface area contributed by atoms with E-state index in [9.17, 15) is 9.59 Å². The van der Waals surface area contributed by atoms with Gasteiger partial charge in [-0.2, -0.15) is 0 Å². The van der Waals surface area contributed by atoms with Crippen molar-refractivity contribution in [3.8, 4) is 5.75 Å². The van der Waals surface area contributed by atoms with E-state index in [2.05, 4.69) is 37.9 Å². The van der Waals surface area contributed by atoms with E-state index in [1.165, 1.54) is 10.9 Å². The van der Waals surface area contributed by atoms with Crippen LogP contribution in [0, 0.1) is 5.92 Å². The number of carbonyl (C=O) groups excluding carboxylic acids is 2. The predicted octanol–water partition coefficient (Wildman–Crippen LogP) is 5.81. The van der Waals surface area contributed by atoms with Crippen molar-refractivity contribution in [2.24, 2.45) is 5.92 Å². The molecule has 0 aliphatic heterocycles. The smallest absolute Gasteiger partial charge is 0.242 e. The summed E-state index contributed by atoms with van der Waals surface area (Å²) in [6.45, 7) is 8.08. The van der Waals surface area contributed by atoms with Gasteiger partial charge in [0.1, 0.15) is 5.75 Å². The van der Waals surface area contributed by atoms with Crippen molar-refractivity contribution in [2.75, 3.05) is 26.7 Å². The number of nitrogens with one attached hydrogen (secondary N) is 1. The summed E-state index contributed by atoms with van der Waals surface area (Å²) >= 11 is 0. The van der Waals surface area contributed by atoms with Gasteiger partial charge in [0.25, 0.3) is 0 Å². The number of carbonyl (C=O) groups is 2. The van der Waals surface area contributed by atoms with Gasteiger partial charge in [-0.25, -0.2) is 0 Å². The molecule has 3 aromatic rings. The van der Waals surface area contributed by atoms with Crippen LogP contribution in [-0.4, -0.2) is 53.3 Å². The van der Waals surface area contributed by atoms with Crippen molar-refractivity contribution in [1.29, 1.82) is 0 Å². The summed E-state index contributed by atoms with van der Waals surface area (Å²) in [5, 5.41) is 1.18. The van der Waals surface area contributed by atoms with Crippen LogP contribution in [0.3, 0.4) is 0 Å². The summed E-state index contributed by atoms with van der Waals surface area (Å²) in [6.07, 6.45) is 6.24. The van der Waals surface area contributed by atoms with Crippen LogP contribution in [-0.2, 0) is 22.6 Å². The quantitative estimate of drug-likeness (QED) is 0.289. The standard InChI is InChI=1S/C30H41N3O3/c1-5-6-7-12-29(34)33(20-23(2)3)22-30(35)32(21-24-13-15-26(36-4)16-14-24)18-17-25-19-31-28-11-9-8-10-27(25)28/h8-11,13-16,19,23,31H,5-7,12,17-18,20-22H2,1-4H3. The van der Waals surface area contributed by atoms with E-state index >= 15 is 0 Å². The molecule has 194 valence electrons. The van der Waals surface area contributed by atoms with Crippen molar-refractivity contribution < 1.29 is 14.3 Å². The van der Waals surface area contributed by atoms with E-state index in [4.69, 9.17) is 4.74 Å². The topological polar surface area (TPSA) is 65.6 Å². The molecular formula is C30H41N3O3. The van der Waals surface area contributed by atoms with Gasteiger partial charge in [0.2, 0.25) is 11.8 Å². The Hall–Kier alpha value is -3.28. The van der Waals surface area contributed by atoms with Crippen LogP contribution in [0.2, 0.25) is 0 Å². The predicted molar refractivity (Wildman–Crippen MR) is 146 cm³/mol. The molecule has 0 spiro atoms. The highest BCUT2D eigenvalue weighted by molar-refractivity contribution is 5.85. The maximum absolute atomic E-state index is 13.6. The van der Waals surface area contributed by atoms with Gasteiger partial charge in [-0.05, 0) is 48.1 Å². The Morgan fingerprint density at radius 1 is 0.972 bits per heavy atom. The van der Waals surface area contributed by atoms with Crippen LogP contribution in [0.5, 0.6) is 5.75 Å². The van der Waals surface area contributed by atoms with Gasteiger partial charge in [-0.1, -0.05) is 63.9 Å². The minimum atomic E-state index is -0.0184. The molecule has 0 unspecified atom stereocenters. The number of amides is 2. The molecule has 0 radical (unpaired) electrons. The number of H-pyrrole nitrogens is 1. The maximum atomic E-state index is 13.6. The van der Waals surface area contributed by atoms with E-state index in [0.717, 1.165) is 42.5 Å². The number of fused-ring (bicyclic) bond motifs is 1. The molecule has 1 aromatic heterocycles. The molecule has 2 aromatic carbocycles. The van der Waals surface area contributed by atoms with Crippen molar-refractivity contribution in [3.05, 3.63) is 65.9 Å². The largest absolute Gasteiger partial charge is 0.497 e. The first-order valence-corrected chi connectivity index (χ1v) is 13.1. The highest BCUT2D eigenvalue weighted by Gasteiger charge is 2.22. The summed E-state index contributed by atoms with van der Waals surface area (Å²) in [6, 6.07) is 16.0. The molecule has 1 N–H and O–H groups in total. The second-order valence-electron chi connectivity index (χ2n) is 9.90. The van der Waals surface area contributed by atoms with Crippen LogP contribution < -0.4 is 4.74 Å². The molecule has 0 bridgehead atoms. The van der Waals surface area contributed by atoms with Crippen molar-refractivity contribution in [1.82, 2.24) is 14.8 Å². The zero-order valence-electron chi connectivity index (χ0n) is 22.3. The van der Waals surface area contributed by atoms with Gasteiger partial charge in [0, 0.05) is 43.2 Å². The molecule has 1 heterocycles. The molecule has 0 fully saturated rings. The fourth-order valence-electron chi connectivity index (χ4n) is 4.48. The molecule has 0 atom stereocenters. The normalized spacial score (nSPS) is 11.1. The second-order valence-corrected chi connectivity index (χ2v) is 9.90. The highest BCUT2D eigenvalue weighted by atomic mass is 16.5. The van der Waals surface area contributed by atoms with E-state index in [1.807, 2.05) is 47.5 Å². The fraction of sp³-hybridized carbons (Fsp3) is 0.467. The molecular weight excluding hydrogens is 450 g/mol. The molecule has 0 saturated carbocycles. The third-order valence-electron chi connectivity index (χ3n) is 6.47. The lowest BCUT2D eigenvalue weighted by molar-refractivity contribution is -0.141. The van der Waals surface area contributed by atoms with Crippen molar-refractivity contribution >= 4 is 22.7 Å². The molecule has 2 amide bonds. The Labute approximate surface area is 215 Å². The second kappa shape index (κ2) is 13.7. The lowest BCUT2D eigenvalue weighted by Crippen LogP contribution is -2.44. The highest BCUT2D eigenvalue weighted by Crippen LogP contribution is 2.20. The zero-order chi connectivity index (χ0) is 25.9. The Morgan fingerprint density at radius 3 is 2.42 bits per heavy atom. The number of rotatable bonds is 14. The lowest BCUT2D eigenvalue weighted by atomic mass is 10.1. The third kappa shape index (κ3) is 7.87. The summed E-state index contributed by atoms with van der Waals surface area (Å²) in [4.78, 5) is 33.6. The molecule has 0 saturated heterocycles. The van der Waals surface area contributed by atoms with Gasteiger partial charge in [-0.3, -0.25) is 9.59 Å². The lowest BCUT2D eigenvalue weighted by Gasteiger charge is -2.29. The molecule has 3 rings (SSSR count). The molecule has 6 nitrogen and oxygen atoms in total. The van der Waals surface area contributed by atoms with Crippen molar-refractivity contribution in [2.45, 2.75) is 59.4 Å². The molecule has 0 aliphatic carbocycles. The first kappa shape index (κ1) is 27.3. The number of methoxy groups -OCH3 is 1. The molecule has 0 aliphatic rings. The van der Waals surface area contributed by atoms with Crippen LogP contribution in [0.15, 0.2) is 54.7 Å². The summed E-state index contributed by atoms with van der Waals surface area (Å²) in [7, 11) is 1.65. The van der Waals surface area contributed by atoms with E-state index in [0.29, 0.717) is 32.0 Å². The molecule has 36 heavy (non-hydrogen) atoms. The van der Waals surface area contributed by atoms with Crippen LogP contribution in [0.4, 0.5) is 0 Å². The van der Waals surface area contributed by atoms with Gasteiger partial charge >= 0.3 is 0 Å². The number of benzene rings is 2. The number of nitrogens with zero attached hydrogens (tertiary/aromatic N) is 2. The number of hydrogen-bond donors (Lipinski definition) is 1. The summed E-state index contributed by atoms with van der Waals surface area (Å²) in [5.41, 5.74) is 3.32. The summed E-state index contributed by atoms with van der Waals surface area (Å²) in [5.74, 6) is 1.15. The first-order chi connectivity index (χ1) is 17.4. The minimum Gasteiger partial charge on any atom is -0.497 e. The SMILES string of the molecule is CCCCCC(=O)N(CC(=O)N(CCc1c[nH]c2ccccc12)Cc1ccc(OC)cc1)CC(C)C. The average molecular weight is 492 g/mol. The third-order valence-corrected chi connectivity index (χ3v) is 6.47. The number of aromatic amines is 1. The minimum absolute atomic E-state index is 0.0184. The first-order valence-electron chi connectivity index (χ1n) is 13.1. The Bertz CT molecular complexity index is 1100. The van der Waals surface area contributed by atoms with E-state index in [-0.39, 0.29) is 18.4 Å². The zero-order valence-corrected chi connectivity index (χ0v) is 22.3. The Balaban J connectivity index is 1.76. The number of hydrogen-bond acceptors (Lipinski definition) is 3. The number of unbranched alkanes of at least 4 members (excludes halogenated alkanes) is 2. The monoisotopic (exact) mass is 491 g/mol. The van der Waals surface area contributed by atoms with Gasteiger partial charge in [0.15, 0.2) is 0 Å². The maximum Gasteiger partial charge on any atom is 0.242 e.